The van der Waals surface area contributed by atoms with Gasteiger partial charge in [-0.15, -0.1) is 0 Å². The van der Waals surface area contributed by atoms with Crippen molar-refractivity contribution in [3.63, 3.8) is 0 Å². The zero-order valence-corrected chi connectivity index (χ0v) is 16.9. The monoisotopic (exact) mass is 394 g/mol. The molecule has 7 heteroatoms. The van der Waals surface area contributed by atoms with Crippen LogP contribution in [-0.2, 0) is 22.6 Å². The van der Waals surface area contributed by atoms with E-state index >= 15 is 0 Å². The largest absolute Gasteiger partial charge is 0.341 e. The third-order valence-electron chi connectivity index (χ3n) is 6.09. The summed E-state index contributed by atoms with van der Waals surface area (Å²) in [5, 5.41) is 0. The van der Waals surface area contributed by atoms with Crippen LogP contribution in [0, 0.1) is 0 Å². The Labute approximate surface area is 169 Å². The second-order valence-electron chi connectivity index (χ2n) is 7.97. The molecular weight excluding hydrogens is 368 g/mol. The second-order valence-corrected chi connectivity index (χ2v) is 7.97. The molecule has 2 atom stereocenters. The van der Waals surface area contributed by atoms with Gasteiger partial charge in [-0.05, 0) is 25.3 Å². The summed E-state index contributed by atoms with van der Waals surface area (Å²) in [5.74, 6) is 0.526. The van der Waals surface area contributed by atoms with Crippen molar-refractivity contribution in [1.82, 2.24) is 19.8 Å². The minimum atomic E-state index is -0.199. The summed E-state index contributed by atoms with van der Waals surface area (Å²) in [7, 11) is 0. The minimum Gasteiger partial charge on any atom is -0.341 e. The third-order valence-corrected chi connectivity index (χ3v) is 6.09. The van der Waals surface area contributed by atoms with Crippen LogP contribution < -0.4 is 5.56 Å². The van der Waals surface area contributed by atoms with E-state index in [1.54, 1.807) is 4.90 Å². The summed E-state index contributed by atoms with van der Waals surface area (Å²) < 4.78 is 0. The molecule has 2 aromatic rings. The smallest absolute Gasteiger partial charge is 0.254 e. The van der Waals surface area contributed by atoms with E-state index in [1.165, 1.54) is 6.92 Å². The van der Waals surface area contributed by atoms with Crippen molar-refractivity contribution in [2.45, 2.75) is 45.1 Å². The van der Waals surface area contributed by atoms with Crippen LogP contribution in [0.5, 0.6) is 0 Å². The highest BCUT2D eigenvalue weighted by atomic mass is 16.2. The zero-order valence-electron chi connectivity index (χ0n) is 16.9. The molecule has 29 heavy (non-hydrogen) atoms. The van der Waals surface area contributed by atoms with Crippen molar-refractivity contribution >= 4 is 11.8 Å². The van der Waals surface area contributed by atoms with Crippen molar-refractivity contribution in [2.24, 2.45) is 0 Å². The van der Waals surface area contributed by atoms with Gasteiger partial charge in [0.05, 0.1) is 18.2 Å². The fourth-order valence-electron chi connectivity index (χ4n) is 4.26. The Morgan fingerprint density at radius 2 is 1.93 bits per heavy atom. The fourth-order valence-corrected chi connectivity index (χ4v) is 4.26. The molecule has 0 spiro atoms. The molecular formula is C22H26N4O3. The number of carbonyl (C=O) groups excluding carboxylic acids is 2. The number of nitrogens with one attached hydrogen (secondary N) is 1. The highest BCUT2D eigenvalue weighted by Crippen LogP contribution is 2.28. The summed E-state index contributed by atoms with van der Waals surface area (Å²) in [6.45, 7) is 5.60. The molecule has 152 valence electrons. The molecule has 2 aliphatic rings. The Kier molecular flexibility index (Phi) is 5.22. The Bertz CT molecular complexity index is 985. The van der Waals surface area contributed by atoms with Gasteiger partial charge in [0.1, 0.15) is 5.82 Å². The van der Waals surface area contributed by atoms with Gasteiger partial charge in [0, 0.05) is 38.0 Å². The van der Waals surface area contributed by atoms with Crippen LogP contribution in [0.4, 0.5) is 0 Å². The van der Waals surface area contributed by atoms with Gasteiger partial charge in [0.2, 0.25) is 11.8 Å². The Balaban J connectivity index is 1.50. The predicted molar refractivity (Wildman–Crippen MR) is 108 cm³/mol. The highest BCUT2D eigenvalue weighted by Gasteiger charge is 2.32. The molecule has 1 aromatic heterocycles. The summed E-state index contributed by atoms with van der Waals surface area (Å²) in [6, 6.07) is 9.77. The van der Waals surface area contributed by atoms with Crippen molar-refractivity contribution in [3.8, 4) is 0 Å². The molecule has 2 amide bonds. The van der Waals surface area contributed by atoms with Crippen LogP contribution in [0.3, 0.4) is 0 Å². The standard InChI is InChI=1S/C22H26N4O3/c1-14(16-6-4-3-5-7-16)22(29)26-10-8-17(12-26)20-23-19-13-25(15(2)27)11-9-18(19)21(28)24-20/h3-7,14,17H,8-13H2,1-2H3,(H,23,24,28)/t14-,17-/m1/s1. The van der Waals surface area contributed by atoms with Crippen LogP contribution in [0.25, 0.3) is 0 Å². The number of benzene rings is 1. The first-order chi connectivity index (χ1) is 13.9. The Hall–Kier alpha value is -2.96. The number of hydrogen-bond donors (Lipinski definition) is 1. The number of nitrogens with zero attached hydrogens (tertiary/aromatic N) is 3. The van der Waals surface area contributed by atoms with E-state index in [0.29, 0.717) is 49.7 Å². The lowest BCUT2D eigenvalue weighted by Gasteiger charge is -2.27. The highest BCUT2D eigenvalue weighted by molar-refractivity contribution is 5.83. The molecule has 3 heterocycles. The van der Waals surface area contributed by atoms with E-state index in [9.17, 15) is 14.4 Å². The quantitative estimate of drug-likeness (QED) is 0.860. The fraction of sp³-hybridized carbons (Fsp3) is 0.455. The molecule has 1 N–H and O–H groups in total. The number of hydrogen-bond acceptors (Lipinski definition) is 4. The van der Waals surface area contributed by atoms with E-state index in [0.717, 1.165) is 12.0 Å². The topological polar surface area (TPSA) is 86.4 Å². The molecule has 4 rings (SSSR count). The van der Waals surface area contributed by atoms with Gasteiger partial charge in [0.25, 0.3) is 5.56 Å². The summed E-state index contributed by atoms with van der Waals surface area (Å²) >= 11 is 0. The minimum absolute atomic E-state index is 0.00706. The molecule has 1 aromatic carbocycles. The zero-order chi connectivity index (χ0) is 20.5. The van der Waals surface area contributed by atoms with Crippen LogP contribution in [0.15, 0.2) is 35.1 Å². The number of H-pyrrole nitrogens is 1. The van der Waals surface area contributed by atoms with Gasteiger partial charge in [0.15, 0.2) is 0 Å². The van der Waals surface area contributed by atoms with Gasteiger partial charge in [-0.2, -0.15) is 0 Å². The van der Waals surface area contributed by atoms with Crippen molar-refractivity contribution in [3.05, 3.63) is 63.3 Å². The van der Waals surface area contributed by atoms with Crippen LogP contribution in [0.2, 0.25) is 0 Å². The SMILES string of the molecule is CC(=O)N1CCc2c(nc([C@@H]3CCN(C(=O)[C@H](C)c4ccccc4)C3)[nH]c2=O)C1. The summed E-state index contributed by atoms with van der Waals surface area (Å²) in [4.78, 5) is 48.4. The first-order valence-electron chi connectivity index (χ1n) is 10.1. The second kappa shape index (κ2) is 7.81. The van der Waals surface area contributed by atoms with Gasteiger partial charge in [-0.1, -0.05) is 30.3 Å². The number of aromatic amines is 1. The summed E-state index contributed by atoms with van der Waals surface area (Å²) in [6.07, 6.45) is 1.30. The van der Waals surface area contributed by atoms with Crippen LogP contribution >= 0.6 is 0 Å². The van der Waals surface area contributed by atoms with Crippen molar-refractivity contribution in [2.75, 3.05) is 19.6 Å². The number of carbonyl (C=O) groups is 2. The van der Waals surface area contributed by atoms with Gasteiger partial charge >= 0.3 is 0 Å². The van der Waals surface area contributed by atoms with Gasteiger partial charge in [-0.3, -0.25) is 14.4 Å². The lowest BCUT2D eigenvalue weighted by Crippen LogP contribution is -2.38. The van der Waals surface area contributed by atoms with Crippen LogP contribution in [0.1, 0.15) is 54.7 Å². The number of amides is 2. The van der Waals surface area contributed by atoms with E-state index < -0.39 is 0 Å². The maximum absolute atomic E-state index is 12.9. The predicted octanol–water partition coefficient (Wildman–Crippen LogP) is 1.79. The van der Waals surface area contributed by atoms with Crippen molar-refractivity contribution < 1.29 is 9.59 Å². The van der Waals surface area contributed by atoms with E-state index in [-0.39, 0.29) is 29.2 Å². The molecule has 2 aliphatic heterocycles. The number of rotatable bonds is 3. The van der Waals surface area contributed by atoms with E-state index in [1.807, 2.05) is 42.2 Å². The lowest BCUT2D eigenvalue weighted by molar-refractivity contribution is -0.131. The number of aromatic nitrogens is 2. The Morgan fingerprint density at radius 1 is 1.17 bits per heavy atom. The molecule has 0 saturated carbocycles. The average Bonchev–Trinajstić information content (AvgIpc) is 3.23. The van der Waals surface area contributed by atoms with E-state index in [4.69, 9.17) is 4.98 Å². The molecule has 0 aliphatic carbocycles. The normalized spacial score (nSPS) is 19.7. The molecule has 0 radical (unpaired) electrons. The van der Waals surface area contributed by atoms with Crippen LogP contribution in [-0.4, -0.2) is 51.2 Å². The maximum atomic E-state index is 12.9. The molecule has 0 unspecified atom stereocenters. The van der Waals surface area contributed by atoms with Gasteiger partial charge in [-0.25, -0.2) is 4.98 Å². The molecule has 1 saturated heterocycles. The first-order valence-corrected chi connectivity index (χ1v) is 10.1. The number of likely N-dealkylation sites (tertiary alicyclic amines) is 1. The maximum Gasteiger partial charge on any atom is 0.254 e. The van der Waals surface area contributed by atoms with E-state index in [2.05, 4.69) is 4.98 Å². The first kappa shape index (κ1) is 19.4. The van der Waals surface area contributed by atoms with Gasteiger partial charge < -0.3 is 14.8 Å². The Morgan fingerprint density at radius 3 is 2.66 bits per heavy atom. The molecule has 1 fully saturated rings. The molecule has 7 nitrogen and oxygen atoms in total. The third kappa shape index (κ3) is 3.81. The number of fused-ring (bicyclic) bond motifs is 1. The lowest BCUT2D eigenvalue weighted by atomic mass is 10.00. The molecule has 0 bridgehead atoms. The summed E-state index contributed by atoms with van der Waals surface area (Å²) in [5.41, 5.74) is 2.25. The average molecular weight is 394 g/mol. The van der Waals surface area contributed by atoms with Crippen molar-refractivity contribution in [1.29, 1.82) is 0 Å².